The maximum Gasteiger partial charge on any atom is 0.494 e. The van der Waals surface area contributed by atoms with Gasteiger partial charge in [0.05, 0.1) is 11.2 Å². The molecule has 1 saturated heterocycles. The van der Waals surface area contributed by atoms with Crippen molar-refractivity contribution in [3.63, 3.8) is 0 Å². The van der Waals surface area contributed by atoms with Crippen molar-refractivity contribution in [1.29, 1.82) is 0 Å². The lowest BCUT2D eigenvalue weighted by Gasteiger charge is -2.32. The van der Waals surface area contributed by atoms with Crippen molar-refractivity contribution >= 4 is 12.6 Å². The fourth-order valence-corrected chi connectivity index (χ4v) is 2.91. The van der Waals surface area contributed by atoms with Gasteiger partial charge in [0.25, 0.3) is 0 Å². The first-order valence-electron chi connectivity index (χ1n) is 8.91. The molecule has 1 aromatic heterocycles. The molecule has 25 heavy (non-hydrogen) atoms. The van der Waals surface area contributed by atoms with E-state index in [-0.39, 0.29) is 23.7 Å². The Balaban J connectivity index is 2.08. The van der Waals surface area contributed by atoms with Gasteiger partial charge < -0.3 is 9.31 Å². The highest BCUT2D eigenvalue weighted by atomic mass is 16.7. The summed E-state index contributed by atoms with van der Waals surface area (Å²) in [7, 11) is -0.354. The van der Waals surface area contributed by atoms with E-state index in [9.17, 15) is 0 Å². The molecule has 0 amide bonds. The summed E-state index contributed by atoms with van der Waals surface area (Å²) in [5.41, 5.74) is 4.02. The molecular formula is C21H28BNO2. The number of hydrogen-bond acceptors (Lipinski definition) is 3. The van der Waals surface area contributed by atoms with Crippen LogP contribution >= 0.6 is 0 Å². The zero-order chi connectivity index (χ0) is 18.5. The molecule has 1 aliphatic heterocycles. The Bertz CT molecular complexity index is 747. The first kappa shape index (κ1) is 18.2. The summed E-state index contributed by atoms with van der Waals surface area (Å²) >= 11 is 0. The predicted octanol–water partition coefficient (Wildman–Crippen LogP) is 4.35. The third-order valence-corrected chi connectivity index (χ3v) is 5.36. The van der Waals surface area contributed by atoms with Gasteiger partial charge in [-0.2, -0.15) is 0 Å². The van der Waals surface area contributed by atoms with Crippen LogP contribution in [-0.4, -0.2) is 23.3 Å². The molecule has 3 nitrogen and oxygen atoms in total. The van der Waals surface area contributed by atoms with Crippen molar-refractivity contribution in [2.75, 3.05) is 0 Å². The Kier molecular flexibility index (Phi) is 4.33. The fourth-order valence-electron chi connectivity index (χ4n) is 2.91. The molecule has 2 aromatic rings. The third kappa shape index (κ3) is 3.51. The SMILES string of the molecule is CC(C)(C)c1cc(B2OC(C)(C)C(C)(C)O2)cc(-c2ccncc2)c1. The van der Waals surface area contributed by atoms with Crippen LogP contribution in [0, 0.1) is 0 Å². The van der Waals surface area contributed by atoms with Crippen LogP contribution in [0.4, 0.5) is 0 Å². The standard InChI is InChI=1S/C21H28BNO2/c1-19(2,3)17-12-16(15-8-10-23-11-9-15)13-18(14-17)22-24-20(4,5)21(6,7)25-22/h8-14H,1-7H3. The maximum atomic E-state index is 6.27. The van der Waals surface area contributed by atoms with Gasteiger partial charge in [-0.05, 0) is 67.4 Å². The molecule has 0 bridgehead atoms. The molecule has 0 unspecified atom stereocenters. The summed E-state index contributed by atoms with van der Waals surface area (Å²) < 4.78 is 12.5. The molecule has 3 rings (SSSR count). The van der Waals surface area contributed by atoms with E-state index >= 15 is 0 Å². The second kappa shape index (κ2) is 5.96. The third-order valence-electron chi connectivity index (χ3n) is 5.36. The Labute approximate surface area is 151 Å². The number of nitrogens with zero attached hydrogens (tertiary/aromatic N) is 1. The van der Waals surface area contributed by atoms with Crippen molar-refractivity contribution in [2.45, 2.75) is 65.1 Å². The molecule has 2 heterocycles. The lowest BCUT2D eigenvalue weighted by atomic mass is 9.74. The summed E-state index contributed by atoms with van der Waals surface area (Å²) in [5, 5.41) is 0. The highest BCUT2D eigenvalue weighted by Gasteiger charge is 2.51. The van der Waals surface area contributed by atoms with Crippen molar-refractivity contribution in [3.05, 3.63) is 48.3 Å². The molecule has 0 radical (unpaired) electrons. The maximum absolute atomic E-state index is 6.27. The molecule has 0 spiro atoms. The second-order valence-electron chi connectivity index (χ2n) is 8.92. The molecule has 0 atom stereocenters. The van der Waals surface area contributed by atoms with Gasteiger partial charge >= 0.3 is 7.12 Å². The molecule has 1 aromatic carbocycles. The van der Waals surface area contributed by atoms with Gasteiger partial charge in [-0.1, -0.05) is 39.0 Å². The molecular weight excluding hydrogens is 309 g/mol. The average Bonchev–Trinajstić information content (AvgIpc) is 2.75. The van der Waals surface area contributed by atoms with E-state index in [1.807, 2.05) is 24.5 Å². The number of hydrogen-bond donors (Lipinski definition) is 0. The topological polar surface area (TPSA) is 31.4 Å². The van der Waals surface area contributed by atoms with Crippen molar-refractivity contribution in [2.24, 2.45) is 0 Å². The van der Waals surface area contributed by atoms with Crippen molar-refractivity contribution < 1.29 is 9.31 Å². The van der Waals surface area contributed by atoms with E-state index in [1.165, 1.54) is 11.1 Å². The van der Waals surface area contributed by atoms with Crippen LogP contribution in [0.15, 0.2) is 42.7 Å². The number of pyridine rings is 1. The van der Waals surface area contributed by atoms with E-state index in [4.69, 9.17) is 9.31 Å². The van der Waals surface area contributed by atoms with Crippen LogP contribution in [0.1, 0.15) is 54.0 Å². The normalized spacial score (nSPS) is 19.2. The molecule has 4 heteroatoms. The number of benzene rings is 1. The zero-order valence-electron chi connectivity index (χ0n) is 16.4. The van der Waals surface area contributed by atoms with E-state index in [0.717, 1.165) is 11.0 Å². The summed E-state index contributed by atoms with van der Waals surface area (Å²) in [4.78, 5) is 4.13. The molecule has 0 aliphatic carbocycles. The van der Waals surface area contributed by atoms with E-state index < -0.39 is 0 Å². The minimum absolute atomic E-state index is 0.0431. The minimum atomic E-state index is -0.354. The molecule has 0 saturated carbocycles. The smallest absolute Gasteiger partial charge is 0.399 e. The molecule has 0 N–H and O–H groups in total. The van der Waals surface area contributed by atoms with Gasteiger partial charge in [-0.15, -0.1) is 0 Å². The average molecular weight is 337 g/mol. The van der Waals surface area contributed by atoms with Crippen LogP contribution in [-0.2, 0) is 14.7 Å². The van der Waals surface area contributed by atoms with Crippen LogP contribution < -0.4 is 5.46 Å². The second-order valence-corrected chi connectivity index (χ2v) is 8.92. The van der Waals surface area contributed by atoms with E-state index in [2.05, 4.69) is 71.6 Å². The van der Waals surface area contributed by atoms with Gasteiger partial charge in [0, 0.05) is 12.4 Å². The summed E-state index contributed by atoms with van der Waals surface area (Å²) in [6.07, 6.45) is 3.65. The molecule has 1 fully saturated rings. The Morgan fingerprint density at radius 1 is 0.840 bits per heavy atom. The summed E-state index contributed by atoms with van der Waals surface area (Å²) in [6.45, 7) is 15.0. The van der Waals surface area contributed by atoms with Gasteiger partial charge in [-0.25, -0.2) is 0 Å². The summed E-state index contributed by atoms with van der Waals surface area (Å²) in [5.74, 6) is 0. The zero-order valence-corrected chi connectivity index (χ0v) is 16.4. The van der Waals surface area contributed by atoms with E-state index in [1.54, 1.807) is 0 Å². The monoisotopic (exact) mass is 337 g/mol. The lowest BCUT2D eigenvalue weighted by Crippen LogP contribution is -2.41. The van der Waals surface area contributed by atoms with Gasteiger partial charge in [-0.3, -0.25) is 4.98 Å². The van der Waals surface area contributed by atoms with Gasteiger partial charge in [0.15, 0.2) is 0 Å². The van der Waals surface area contributed by atoms with E-state index in [0.29, 0.717) is 0 Å². The Morgan fingerprint density at radius 2 is 1.40 bits per heavy atom. The molecule has 1 aliphatic rings. The minimum Gasteiger partial charge on any atom is -0.399 e. The highest BCUT2D eigenvalue weighted by molar-refractivity contribution is 6.62. The number of rotatable bonds is 2. The van der Waals surface area contributed by atoms with Gasteiger partial charge in [0.2, 0.25) is 0 Å². The Hall–Kier alpha value is -1.65. The first-order valence-corrected chi connectivity index (χ1v) is 8.91. The lowest BCUT2D eigenvalue weighted by molar-refractivity contribution is 0.00578. The fraction of sp³-hybridized carbons (Fsp3) is 0.476. The van der Waals surface area contributed by atoms with Crippen LogP contribution in [0.5, 0.6) is 0 Å². The van der Waals surface area contributed by atoms with Gasteiger partial charge in [0.1, 0.15) is 0 Å². The predicted molar refractivity (Wildman–Crippen MR) is 104 cm³/mol. The highest BCUT2D eigenvalue weighted by Crippen LogP contribution is 2.37. The van der Waals surface area contributed by atoms with Crippen LogP contribution in [0.2, 0.25) is 0 Å². The quantitative estimate of drug-likeness (QED) is 0.764. The number of aromatic nitrogens is 1. The van der Waals surface area contributed by atoms with Crippen molar-refractivity contribution in [1.82, 2.24) is 4.98 Å². The Morgan fingerprint density at radius 3 is 1.92 bits per heavy atom. The molecule has 132 valence electrons. The van der Waals surface area contributed by atoms with Crippen LogP contribution in [0.3, 0.4) is 0 Å². The first-order chi connectivity index (χ1) is 11.5. The largest absolute Gasteiger partial charge is 0.494 e. The summed E-state index contributed by atoms with van der Waals surface area (Å²) in [6, 6.07) is 10.7. The van der Waals surface area contributed by atoms with Crippen LogP contribution in [0.25, 0.3) is 11.1 Å². The van der Waals surface area contributed by atoms with Crippen molar-refractivity contribution in [3.8, 4) is 11.1 Å².